The molecule has 0 radical (unpaired) electrons. The number of benzene rings is 1. The second kappa shape index (κ2) is 7.82. The number of hydrazone groups is 1. The number of carbonyl (C=O) groups is 2. The fourth-order valence-corrected chi connectivity index (χ4v) is 1.82. The molecule has 1 aromatic carbocycles. The van der Waals surface area contributed by atoms with Gasteiger partial charge in [-0.05, 0) is 31.2 Å². The van der Waals surface area contributed by atoms with Crippen LogP contribution in [-0.4, -0.2) is 31.7 Å². The van der Waals surface area contributed by atoms with Crippen LogP contribution in [0.15, 0.2) is 46.1 Å². The van der Waals surface area contributed by atoms with Gasteiger partial charge in [-0.15, -0.1) is 0 Å². The van der Waals surface area contributed by atoms with Crippen molar-refractivity contribution in [3.63, 3.8) is 0 Å². The molecule has 0 bridgehead atoms. The number of methoxy groups -OCH3 is 2. The molecule has 1 aromatic heterocycles. The quantitative estimate of drug-likeness (QED) is 0.494. The molecule has 2 rings (SSSR count). The van der Waals surface area contributed by atoms with Gasteiger partial charge in [0, 0.05) is 6.07 Å². The Kier molecular flexibility index (Phi) is 5.56. The van der Waals surface area contributed by atoms with Crippen molar-refractivity contribution in [2.45, 2.75) is 6.92 Å². The first-order valence-electron chi connectivity index (χ1n) is 6.96. The van der Waals surface area contributed by atoms with Crippen molar-refractivity contribution in [3.8, 4) is 11.5 Å². The molecule has 0 aliphatic heterocycles. The number of carbonyl (C=O) groups excluding carboxylic acids is 2. The molecule has 2 amide bonds. The first-order valence-corrected chi connectivity index (χ1v) is 6.96. The zero-order chi connectivity index (χ0) is 17.5. The van der Waals surface area contributed by atoms with E-state index < -0.39 is 11.8 Å². The normalized spacial score (nSPS) is 10.9. The smallest absolute Gasteiger partial charge is 0.329 e. The zero-order valence-electron chi connectivity index (χ0n) is 13.5. The highest BCUT2D eigenvalue weighted by atomic mass is 16.5. The minimum Gasteiger partial charge on any atom is -0.497 e. The van der Waals surface area contributed by atoms with Gasteiger partial charge < -0.3 is 19.2 Å². The van der Waals surface area contributed by atoms with Crippen LogP contribution in [0.4, 0.5) is 5.69 Å². The summed E-state index contributed by atoms with van der Waals surface area (Å²) in [6.07, 6.45) is 1.48. The maximum atomic E-state index is 12.0. The van der Waals surface area contributed by atoms with Crippen molar-refractivity contribution in [2.24, 2.45) is 5.10 Å². The maximum absolute atomic E-state index is 12.0. The molecule has 2 aromatic rings. The van der Waals surface area contributed by atoms with Gasteiger partial charge in [0.15, 0.2) is 0 Å². The van der Waals surface area contributed by atoms with Gasteiger partial charge >= 0.3 is 11.8 Å². The van der Waals surface area contributed by atoms with Crippen molar-refractivity contribution in [1.29, 1.82) is 0 Å². The van der Waals surface area contributed by atoms with Gasteiger partial charge in [0.2, 0.25) is 0 Å². The minimum absolute atomic E-state index is 0.309. The van der Waals surface area contributed by atoms with Crippen molar-refractivity contribution in [3.05, 3.63) is 42.4 Å². The molecule has 1 heterocycles. The molecule has 0 aliphatic rings. The van der Waals surface area contributed by atoms with Gasteiger partial charge in [0.1, 0.15) is 23.0 Å². The Morgan fingerprint density at radius 3 is 2.54 bits per heavy atom. The summed E-state index contributed by atoms with van der Waals surface area (Å²) in [7, 11) is 2.95. The number of hydrogen-bond acceptors (Lipinski definition) is 6. The van der Waals surface area contributed by atoms with Crippen LogP contribution in [0.2, 0.25) is 0 Å². The molecule has 0 saturated carbocycles. The SMILES string of the molecule is COc1ccc(OC)c(NC(=O)C(=O)N/N=C(\C)c2ccco2)c1. The molecule has 0 unspecified atom stereocenters. The Hall–Kier alpha value is -3.29. The summed E-state index contributed by atoms with van der Waals surface area (Å²) in [5.41, 5.74) is 2.90. The fourth-order valence-electron chi connectivity index (χ4n) is 1.82. The van der Waals surface area contributed by atoms with Crippen molar-refractivity contribution in [2.75, 3.05) is 19.5 Å². The van der Waals surface area contributed by atoms with E-state index in [2.05, 4.69) is 15.8 Å². The van der Waals surface area contributed by atoms with Crippen molar-refractivity contribution >= 4 is 23.2 Å². The molecule has 0 spiro atoms. The number of nitrogens with one attached hydrogen (secondary N) is 2. The average molecular weight is 331 g/mol. The van der Waals surface area contributed by atoms with Crippen LogP contribution < -0.4 is 20.2 Å². The first-order chi connectivity index (χ1) is 11.5. The van der Waals surface area contributed by atoms with Crippen LogP contribution in [0.3, 0.4) is 0 Å². The van der Waals surface area contributed by atoms with Gasteiger partial charge in [0.25, 0.3) is 0 Å². The molecule has 0 atom stereocenters. The Morgan fingerprint density at radius 2 is 1.92 bits per heavy atom. The molecule has 8 heteroatoms. The third-order valence-corrected chi connectivity index (χ3v) is 3.06. The molecule has 0 saturated heterocycles. The summed E-state index contributed by atoms with van der Waals surface area (Å²) in [4.78, 5) is 23.8. The number of anilines is 1. The summed E-state index contributed by atoms with van der Waals surface area (Å²) < 4.78 is 15.3. The van der Waals surface area contributed by atoms with E-state index in [0.717, 1.165) is 0 Å². The zero-order valence-corrected chi connectivity index (χ0v) is 13.5. The third-order valence-electron chi connectivity index (χ3n) is 3.06. The molecule has 8 nitrogen and oxygen atoms in total. The standard InChI is InChI=1S/C16H17N3O5/c1-10(13-5-4-8-24-13)18-19-16(21)15(20)17-12-9-11(22-2)6-7-14(12)23-3/h4-9H,1-3H3,(H,17,20)(H,19,21)/b18-10+. The Balaban J connectivity index is 2.04. The predicted molar refractivity (Wildman–Crippen MR) is 87.2 cm³/mol. The highest BCUT2D eigenvalue weighted by Gasteiger charge is 2.16. The summed E-state index contributed by atoms with van der Waals surface area (Å²) in [5.74, 6) is -0.418. The van der Waals surface area contributed by atoms with Crippen LogP contribution in [0.1, 0.15) is 12.7 Å². The number of furan rings is 1. The summed E-state index contributed by atoms with van der Waals surface area (Å²) in [6, 6.07) is 8.21. The average Bonchev–Trinajstić information content (AvgIpc) is 3.13. The molecule has 126 valence electrons. The van der Waals surface area contributed by atoms with E-state index in [9.17, 15) is 9.59 Å². The summed E-state index contributed by atoms with van der Waals surface area (Å²) in [5, 5.41) is 6.26. The van der Waals surface area contributed by atoms with E-state index in [-0.39, 0.29) is 0 Å². The first kappa shape index (κ1) is 17.1. The van der Waals surface area contributed by atoms with Crippen LogP contribution in [0, 0.1) is 0 Å². The lowest BCUT2D eigenvalue weighted by molar-refractivity contribution is -0.136. The lowest BCUT2D eigenvalue weighted by Crippen LogP contribution is -2.33. The fraction of sp³-hybridized carbons (Fsp3) is 0.188. The Labute approximate surface area is 138 Å². The minimum atomic E-state index is -0.925. The molecule has 24 heavy (non-hydrogen) atoms. The van der Waals surface area contributed by atoms with E-state index in [1.807, 2.05) is 0 Å². The molecule has 0 fully saturated rings. The van der Waals surface area contributed by atoms with Crippen molar-refractivity contribution in [1.82, 2.24) is 5.43 Å². The topological polar surface area (TPSA) is 102 Å². The van der Waals surface area contributed by atoms with Crippen LogP contribution in [0.25, 0.3) is 0 Å². The van der Waals surface area contributed by atoms with E-state index in [1.165, 1.54) is 20.5 Å². The highest BCUT2D eigenvalue weighted by Crippen LogP contribution is 2.28. The van der Waals surface area contributed by atoms with E-state index in [0.29, 0.717) is 28.7 Å². The van der Waals surface area contributed by atoms with Gasteiger partial charge in [-0.2, -0.15) is 5.10 Å². The molecule has 2 N–H and O–H groups in total. The van der Waals surface area contributed by atoms with Crippen LogP contribution in [0.5, 0.6) is 11.5 Å². The molecular weight excluding hydrogens is 314 g/mol. The van der Waals surface area contributed by atoms with Gasteiger partial charge in [-0.3, -0.25) is 9.59 Å². The van der Waals surface area contributed by atoms with Gasteiger partial charge in [-0.1, -0.05) is 0 Å². The largest absolute Gasteiger partial charge is 0.497 e. The number of nitrogens with zero attached hydrogens (tertiary/aromatic N) is 1. The predicted octanol–water partition coefficient (Wildman–Crippen LogP) is 1.78. The van der Waals surface area contributed by atoms with Crippen molar-refractivity contribution < 1.29 is 23.5 Å². The lowest BCUT2D eigenvalue weighted by atomic mass is 10.2. The number of amides is 2. The summed E-state index contributed by atoms with van der Waals surface area (Å²) >= 11 is 0. The molecule has 0 aliphatic carbocycles. The lowest BCUT2D eigenvalue weighted by Gasteiger charge is -2.11. The van der Waals surface area contributed by atoms with Crippen LogP contribution >= 0.6 is 0 Å². The van der Waals surface area contributed by atoms with E-state index in [4.69, 9.17) is 13.9 Å². The Bertz CT molecular complexity index is 753. The van der Waals surface area contributed by atoms with Crippen LogP contribution in [-0.2, 0) is 9.59 Å². The third kappa shape index (κ3) is 4.13. The molecular formula is C16H17N3O5. The highest BCUT2D eigenvalue weighted by molar-refractivity contribution is 6.39. The Morgan fingerprint density at radius 1 is 1.12 bits per heavy atom. The van der Waals surface area contributed by atoms with E-state index in [1.54, 1.807) is 37.3 Å². The number of ether oxygens (including phenoxy) is 2. The second-order valence-electron chi connectivity index (χ2n) is 4.64. The van der Waals surface area contributed by atoms with E-state index >= 15 is 0 Å². The number of hydrogen-bond donors (Lipinski definition) is 2. The van der Waals surface area contributed by atoms with Gasteiger partial charge in [-0.25, -0.2) is 5.43 Å². The number of rotatable bonds is 5. The second-order valence-corrected chi connectivity index (χ2v) is 4.64. The monoisotopic (exact) mass is 331 g/mol. The van der Waals surface area contributed by atoms with Gasteiger partial charge in [0.05, 0.1) is 26.2 Å². The maximum Gasteiger partial charge on any atom is 0.329 e. The summed E-state index contributed by atoms with van der Waals surface area (Å²) in [6.45, 7) is 1.64.